The van der Waals surface area contributed by atoms with E-state index in [1.807, 2.05) is 72.9 Å². The number of piperazine rings is 1. The van der Waals surface area contributed by atoms with Gasteiger partial charge in [0.05, 0.1) is 12.2 Å². The highest BCUT2D eigenvalue weighted by Gasteiger charge is 2.44. The maximum atomic E-state index is 14.0. The maximum Gasteiger partial charge on any atom is 0.410 e. The minimum absolute atomic E-state index is 0.0268. The van der Waals surface area contributed by atoms with Crippen molar-refractivity contribution in [1.82, 2.24) is 19.7 Å². The first-order valence-electron chi connectivity index (χ1n) is 14.7. The van der Waals surface area contributed by atoms with Gasteiger partial charge < -0.3 is 19.4 Å². The van der Waals surface area contributed by atoms with Crippen molar-refractivity contribution in [3.8, 4) is 0 Å². The van der Waals surface area contributed by atoms with Gasteiger partial charge in [0, 0.05) is 68.1 Å². The predicted molar refractivity (Wildman–Crippen MR) is 158 cm³/mol. The standard InChI is InChI=1S/C32H43N5O4/c1-22-18-35(27(29(39)34-13-10-14-34)19-36(22)30(40)41-31(2,3)4)20-28(38)37-21-32(5,6)25-17-33-24(16-26(25)37)15-23-11-8-7-9-12-23/h7-9,11-12,16-17,22,27H,10,13-15,18-21H2,1-6H3/t22-,27-/m1/s1. The zero-order valence-electron chi connectivity index (χ0n) is 25.2. The number of benzene rings is 1. The fraction of sp³-hybridized carbons (Fsp3) is 0.562. The topological polar surface area (TPSA) is 86.3 Å². The van der Waals surface area contributed by atoms with E-state index in [-0.39, 0.29) is 36.4 Å². The van der Waals surface area contributed by atoms with Crippen LogP contribution in [0.5, 0.6) is 0 Å². The molecule has 41 heavy (non-hydrogen) atoms. The number of likely N-dealkylation sites (tertiary alicyclic amines) is 1. The summed E-state index contributed by atoms with van der Waals surface area (Å²) >= 11 is 0. The third kappa shape index (κ3) is 6.25. The molecule has 0 bridgehead atoms. The van der Waals surface area contributed by atoms with E-state index in [1.165, 1.54) is 5.56 Å². The van der Waals surface area contributed by atoms with Crippen LogP contribution in [0.4, 0.5) is 10.5 Å². The number of ether oxygens (including phenoxy) is 1. The van der Waals surface area contributed by atoms with Crippen molar-refractivity contribution < 1.29 is 19.1 Å². The Morgan fingerprint density at radius 2 is 1.78 bits per heavy atom. The Morgan fingerprint density at radius 1 is 1.07 bits per heavy atom. The number of carbonyl (C=O) groups excluding carboxylic acids is 3. The molecule has 0 saturated carbocycles. The highest BCUT2D eigenvalue weighted by molar-refractivity contribution is 5.98. The van der Waals surface area contributed by atoms with Crippen LogP contribution in [0.25, 0.3) is 0 Å². The molecule has 0 radical (unpaired) electrons. The number of carbonyl (C=O) groups is 3. The Labute approximate surface area is 243 Å². The van der Waals surface area contributed by atoms with Gasteiger partial charge in [-0.1, -0.05) is 44.2 Å². The molecule has 9 heteroatoms. The van der Waals surface area contributed by atoms with Gasteiger partial charge in [0.15, 0.2) is 0 Å². The van der Waals surface area contributed by atoms with Crippen molar-refractivity contribution in [3.05, 3.63) is 59.4 Å². The van der Waals surface area contributed by atoms with Crippen molar-refractivity contribution in [3.63, 3.8) is 0 Å². The van der Waals surface area contributed by atoms with E-state index in [0.717, 1.165) is 23.4 Å². The lowest BCUT2D eigenvalue weighted by Gasteiger charge is -2.46. The molecule has 220 valence electrons. The van der Waals surface area contributed by atoms with Gasteiger partial charge in [-0.25, -0.2) is 4.79 Å². The van der Waals surface area contributed by atoms with Gasteiger partial charge >= 0.3 is 6.09 Å². The average Bonchev–Trinajstić information content (AvgIpc) is 3.12. The molecule has 2 atom stereocenters. The van der Waals surface area contributed by atoms with Crippen LogP contribution in [-0.2, 0) is 26.2 Å². The number of fused-ring (bicyclic) bond motifs is 1. The lowest BCUT2D eigenvalue weighted by molar-refractivity contribution is -0.144. The minimum atomic E-state index is -0.634. The zero-order valence-corrected chi connectivity index (χ0v) is 25.2. The van der Waals surface area contributed by atoms with Gasteiger partial charge in [-0.3, -0.25) is 19.5 Å². The Kier molecular flexibility index (Phi) is 7.85. The lowest BCUT2D eigenvalue weighted by Crippen LogP contribution is -2.66. The molecule has 2 saturated heterocycles. The van der Waals surface area contributed by atoms with Crippen LogP contribution >= 0.6 is 0 Å². The Bertz CT molecular complexity index is 1300. The third-order valence-electron chi connectivity index (χ3n) is 8.30. The summed E-state index contributed by atoms with van der Waals surface area (Å²) in [5.74, 6) is -0.0750. The molecular formula is C32H43N5O4. The van der Waals surface area contributed by atoms with Crippen molar-refractivity contribution in [2.24, 2.45) is 0 Å². The van der Waals surface area contributed by atoms with Crippen LogP contribution < -0.4 is 4.90 Å². The van der Waals surface area contributed by atoms with Crippen LogP contribution in [-0.4, -0.2) is 94.5 Å². The fourth-order valence-electron chi connectivity index (χ4n) is 5.96. The second-order valence-electron chi connectivity index (χ2n) is 13.3. The zero-order chi connectivity index (χ0) is 29.5. The monoisotopic (exact) mass is 561 g/mol. The summed E-state index contributed by atoms with van der Waals surface area (Å²) in [6.45, 7) is 14.4. The van der Waals surface area contributed by atoms with Crippen LogP contribution in [0.3, 0.4) is 0 Å². The second kappa shape index (κ2) is 11.1. The number of hydrogen-bond acceptors (Lipinski definition) is 6. The number of amides is 3. The summed E-state index contributed by atoms with van der Waals surface area (Å²) in [4.78, 5) is 52.6. The molecule has 3 aliphatic heterocycles. The van der Waals surface area contributed by atoms with Crippen molar-refractivity contribution in [1.29, 1.82) is 0 Å². The normalized spacial score (nSPS) is 22.2. The van der Waals surface area contributed by atoms with Crippen LogP contribution in [0.2, 0.25) is 0 Å². The highest BCUT2D eigenvalue weighted by atomic mass is 16.6. The van der Waals surface area contributed by atoms with E-state index in [1.54, 1.807) is 4.90 Å². The molecule has 4 heterocycles. The first-order chi connectivity index (χ1) is 19.3. The smallest absolute Gasteiger partial charge is 0.410 e. The summed E-state index contributed by atoms with van der Waals surface area (Å²) in [5, 5.41) is 0. The van der Waals surface area contributed by atoms with Gasteiger partial charge in [0.1, 0.15) is 11.6 Å². The molecule has 0 spiro atoms. The van der Waals surface area contributed by atoms with Gasteiger partial charge in [0.25, 0.3) is 0 Å². The summed E-state index contributed by atoms with van der Waals surface area (Å²) < 4.78 is 5.65. The molecule has 2 fully saturated rings. The van der Waals surface area contributed by atoms with Crippen LogP contribution in [0.1, 0.15) is 64.8 Å². The van der Waals surface area contributed by atoms with Crippen molar-refractivity contribution in [2.45, 2.75) is 77.5 Å². The molecule has 0 unspecified atom stereocenters. The van der Waals surface area contributed by atoms with E-state index in [2.05, 4.69) is 26.0 Å². The van der Waals surface area contributed by atoms with Crippen LogP contribution in [0.15, 0.2) is 42.6 Å². The number of hydrogen-bond donors (Lipinski definition) is 0. The number of aromatic nitrogens is 1. The average molecular weight is 562 g/mol. The molecule has 1 aromatic carbocycles. The lowest BCUT2D eigenvalue weighted by atomic mass is 9.88. The molecule has 2 aromatic rings. The summed E-state index contributed by atoms with van der Waals surface area (Å²) in [6.07, 6.45) is 3.15. The maximum absolute atomic E-state index is 14.0. The predicted octanol–water partition coefficient (Wildman–Crippen LogP) is 3.84. The summed E-state index contributed by atoms with van der Waals surface area (Å²) in [5.41, 5.74) is 3.16. The molecule has 3 amide bonds. The van der Waals surface area contributed by atoms with Gasteiger partial charge in [-0.05, 0) is 45.7 Å². The van der Waals surface area contributed by atoms with E-state index in [0.29, 0.717) is 32.6 Å². The third-order valence-corrected chi connectivity index (χ3v) is 8.30. The molecule has 0 N–H and O–H groups in total. The summed E-state index contributed by atoms with van der Waals surface area (Å²) in [7, 11) is 0. The first-order valence-corrected chi connectivity index (χ1v) is 14.7. The van der Waals surface area contributed by atoms with Crippen LogP contribution in [0, 0.1) is 0 Å². The van der Waals surface area contributed by atoms with Crippen molar-refractivity contribution in [2.75, 3.05) is 44.2 Å². The second-order valence-corrected chi connectivity index (χ2v) is 13.3. The molecule has 1 aromatic heterocycles. The Balaban J connectivity index is 1.37. The highest BCUT2D eigenvalue weighted by Crippen LogP contribution is 2.40. The van der Waals surface area contributed by atoms with Gasteiger partial charge in [-0.2, -0.15) is 0 Å². The SMILES string of the molecule is C[C@@H]1CN(CC(=O)N2CC(C)(C)c3cnc(Cc4ccccc4)cc32)[C@@H](C(=O)N2CCC2)CN1C(=O)OC(C)(C)C. The number of pyridine rings is 1. The van der Waals surface area contributed by atoms with E-state index in [9.17, 15) is 14.4 Å². The molecule has 0 aliphatic carbocycles. The minimum Gasteiger partial charge on any atom is -0.444 e. The molecule has 9 nitrogen and oxygen atoms in total. The Morgan fingerprint density at radius 3 is 2.41 bits per heavy atom. The van der Waals surface area contributed by atoms with E-state index >= 15 is 0 Å². The van der Waals surface area contributed by atoms with E-state index < -0.39 is 17.7 Å². The quantitative estimate of drug-likeness (QED) is 0.552. The Hall–Kier alpha value is -3.46. The largest absolute Gasteiger partial charge is 0.444 e. The molecular weight excluding hydrogens is 518 g/mol. The number of rotatable bonds is 5. The molecule has 3 aliphatic rings. The molecule has 5 rings (SSSR count). The van der Waals surface area contributed by atoms with Gasteiger partial charge in [-0.15, -0.1) is 0 Å². The number of nitrogens with zero attached hydrogens (tertiary/aromatic N) is 5. The fourth-order valence-corrected chi connectivity index (χ4v) is 5.96. The summed E-state index contributed by atoms with van der Waals surface area (Å²) in [6, 6.07) is 11.4. The van der Waals surface area contributed by atoms with Gasteiger partial charge in [0.2, 0.25) is 11.8 Å². The van der Waals surface area contributed by atoms with E-state index in [4.69, 9.17) is 9.72 Å². The first kappa shape index (κ1) is 29.0. The number of anilines is 1. The van der Waals surface area contributed by atoms with Crippen molar-refractivity contribution >= 4 is 23.6 Å².